The minimum Gasteiger partial charge on any atom is -0.392 e. The van der Waals surface area contributed by atoms with Gasteiger partial charge >= 0.3 is 0 Å². The molecule has 4 atom stereocenters. The van der Waals surface area contributed by atoms with Gasteiger partial charge in [0.05, 0.1) is 53.9 Å². The van der Waals surface area contributed by atoms with Crippen LogP contribution in [0.25, 0.3) is 21.6 Å². The fourth-order valence-corrected chi connectivity index (χ4v) is 13.7. The van der Waals surface area contributed by atoms with Crippen LogP contribution in [0.1, 0.15) is 119 Å². The first-order valence-corrected chi connectivity index (χ1v) is 32.3. The molecule has 2 saturated heterocycles. The Morgan fingerprint density at radius 2 is 1.66 bits per heavy atom. The molecule has 0 saturated carbocycles. The molecule has 1 aromatic carbocycles. The smallest absolute Gasteiger partial charge is 0.276 e. The number of aryl methyl sites for hydroxylation is 2. The van der Waals surface area contributed by atoms with E-state index in [9.17, 15) is 39.0 Å². The fourth-order valence-electron chi connectivity index (χ4n) is 12.9. The van der Waals surface area contributed by atoms with E-state index in [4.69, 9.17) is 9.47 Å². The molecule has 4 aliphatic rings. The summed E-state index contributed by atoms with van der Waals surface area (Å²) in [6, 6.07) is 15.4. The van der Waals surface area contributed by atoms with Crippen LogP contribution in [0.2, 0.25) is 0 Å². The number of aliphatic hydroxyl groups is 2. The summed E-state index contributed by atoms with van der Waals surface area (Å²) < 4.78 is 15.0. The number of rotatable bonds is 24. The van der Waals surface area contributed by atoms with Gasteiger partial charge in [-0.25, -0.2) is 15.0 Å². The van der Waals surface area contributed by atoms with Crippen LogP contribution < -0.4 is 31.3 Å². The van der Waals surface area contributed by atoms with E-state index in [0.717, 1.165) is 65.9 Å². The molecule has 480 valence electrons. The first kappa shape index (κ1) is 65.1. The summed E-state index contributed by atoms with van der Waals surface area (Å²) in [5, 5.41) is 30.4. The maximum absolute atomic E-state index is 14.0. The summed E-state index contributed by atoms with van der Waals surface area (Å²) in [5.41, 5.74) is 10.00. The topological polar surface area (TPSA) is 259 Å². The lowest BCUT2D eigenvalue weighted by atomic mass is 9.85. The van der Waals surface area contributed by atoms with E-state index >= 15 is 0 Å². The van der Waals surface area contributed by atoms with Crippen molar-refractivity contribution in [1.29, 1.82) is 0 Å². The largest absolute Gasteiger partial charge is 0.392 e. The molecule has 10 rings (SSSR count). The number of carbonyl (C=O) groups excluding carboxylic acids is 5. The number of amides is 5. The highest BCUT2D eigenvalue weighted by atomic mass is 32.1. The van der Waals surface area contributed by atoms with Gasteiger partial charge in [0.1, 0.15) is 41.7 Å². The van der Waals surface area contributed by atoms with Gasteiger partial charge in [-0.1, -0.05) is 71.7 Å². The molecule has 0 unspecified atom stereocenters. The van der Waals surface area contributed by atoms with Crippen LogP contribution in [0.4, 0.5) is 23.0 Å². The van der Waals surface area contributed by atoms with E-state index in [-0.39, 0.29) is 80.7 Å². The van der Waals surface area contributed by atoms with E-state index in [1.54, 1.807) is 54.0 Å². The van der Waals surface area contributed by atoms with Crippen molar-refractivity contribution in [1.82, 2.24) is 44.5 Å². The molecule has 5 N–H and O–H groups in total. The summed E-state index contributed by atoms with van der Waals surface area (Å²) in [5.74, 6) is -0.442. The Morgan fingerprint density at radius 3 is 2.38 bits per heavy atom. The average molecular weight is 1250 g/mol. The van der Waals surface area contributed by atoms with Gasteiger partial charge in [-0.05, 0) is 103 Å². The quantitative estimate of drug-likeness (QED) is 0.0385. The van der Waals surface area contributed by atoms with Gasteiger partial charge < -0.3 is 59.5 Å². The molecule has 22 nitrogen and oxygen atoms in total. The molecule has 6 aromatic rings. The zero-order valence-electron chi connectivity index (χ0n) is 53.1. The first-order chi connectivity index (χ1) is 43.1. The number of benzene rings is 1. The number of aliphatic hydroxyl groups excluding tert-OH is 2. The van der Waals surface area contributed by atoms with Crippen molar-refractivity contribution in [2.75, 3.05) is 74.3 Å². The molecule has 1 aliphatic carbocycles. The molecule has 3 aliphatic heterocycles. The highest BCUT2D eigenvalue weighted by molar-refractivity contribution is 7.13. The van der Waals surface area contributed by atoms with Gasteiger partial charge in [0, 0.05) is 108 Å². The van der Waals surface area contributed by atoms with Crippen LogP contribution in [0, 0.1) is 17.8 Å². The van der Waals surface area contributed by atoms with Gasteiger partial charge in [0.15, 0.2) is 0 Å². The van der Waals surface area contributed by atoms with Crippen LogP contribution >= 0.6 is 11.3 Å². The third kappa shape index (κ3) is 15.0. The molecule has 2 fully saturated rings. The van der Waals surface area contributed by atoms with Crippen molar-refractivity contribution in [3.8, 4) is 21.6 Å². The standard InChI is InChI=1S/C67H86N12O10S/c1-42-36-75(22-23-76(42)48-18-19-56(69-35-48)72-52-29-47(37-74(8)63(52)85)50-20-21-68-61(51(50)39-80)78-25-24-77-54(64(78)86)30-46-32-67(6,7)33-55(46)77)58(83)13-11-9-10-12-26-88-27-28-89-40-57(82)73-60(66(3,4)5)65(87)79-38-49(81)31-53(79)62(84)70-34-44-14-16-45(17-15-44)59-43(2)71-41-90-59/h14-21,29-30,35,37,41-42,49,53,60,80-81H,9-13,22-28,31-34,36,38-40H2,1-8H3,(H,69,72)(H,70,84)(H,73,82)/t42-,49+,53-,60+/m0/s1. The monoisotopic (exact) mass is 1250 g/mol. The van der Waals surface area contributed by atoms with Crippen molar-refractivity contribution in [3.63, 3.8) is 0 Å². The first-order valence-electron chi connectivity index (χ1n) is 31.4. The molecule has 90 heavy (non-hydrogen) atoms. The number of nitrogens with one attached hydrogen (secondary N) is 3. The van der Waals surface area contributed by atoms with E-state index in [2.05, 4.69) is 61.1 Å². The second-order valence-electron chi connectivity index (χ2n) is 26.2. The van der Waals surface area contributed by atoms with Gasteiger partial charge in [-0.2, -0.15) is 0 Å². The molecule has 23 heteroatoms. The van der Waals surface area contributed by atoms with Gasteiger partial charge in [-0.15, -0.1) is 11.3 Å². The number of carbonyl (C=O) groups is 5. The average Bonchev–Trinajstić information content (AvgIpc) is 1.62. The van der Waals surface area contributed by atoms with Gasteiger partial charge in [-0.3, -0.25) is 33.7 Å². The number of anilines is 4. The lowest BCUT2D eigenvalue weighted by Crippen LogP contribution is -2.58. The Hall–Kier alpha value is -7.83. The second-order valence-corrected chi connectivity index (χ2v) is 27.0. The van der Waals surface area contributed by atoms with E-state index < -0.39 is 35.4 Å². The third-order valence-corrected chi connectivity index (χ3v) is 18.6. The molecular weight excluding hydrogens is 1160 g/mol. The summed E-state index contributed by atoms with van der Waals surface area (Å²) in [6.07, 6.45) is 10.0. The minimum absolute atomic E-state index is 0.0236. The Balaban J connectivity index is 0.607. The maximum atomic E-state index is 14.0. The molecule has 0 bridgehead atoms. The molecule has 5 aromatic heterocycles. The number of thiazole rings is 1. The van der Waals surface area contributed by atoms with E-state index in [1.807, 2.05) is 80.6 Å². The van der Waals surface area contributed by atoms with Crippen LogP contribution in [0.5, 0.6) is 0 Å². The number of unbranched alkanes of at least 4 members (excludes halogenated alkanes) is 3. The summed E-state index contributed by atoms with van der Waals surface area (Å²) >= 11 is 1.57. The minimum atomic E-state index is -0.974. The summed E-state index contributed by atoms with van der Waals surface area (Å²) in [4.78, 5) is 103. The number of fused-ring (bicyclic) bond motifs is 3. The van der Waals surface area contributed by atoms with Crippen LogP contribution in [-0.4, -0.2) is 157 Å². The van der Waals surface area contributed by atoms with Crippen molar-refractivity contribution < 1.29 is 43.7 Å². The fraction of sp³-hybridized carbons (Fsp3) is 0.507. The molecule has 0 spiro atoms. The predicted molar refractivity (Wildman–Crippen MR) is 345 cm³/mol. The Kier molecular flexibility index (Phi) is 20.4. The number of hydrogen-bond acceptors (Lipinski definition) is 16. The lowest BCUT2D eigenvalue weighted by Gasteiger charge is -2.41. The van der Waals surface area contributed by atoms with Crippen molar-refractivity contribution in [2.24, 2.45) is 17.9 Å². The van der Waals surface area contributed by atoms with Gasteiger partial charge in [0.25, 0.3) is 11.5 Å². The number of β-amino-alcohol motifs (C(OH)–C–C–N with tert-alkyl or cyclic N) is 1. The Labute approximate surface area is 530 Å². The number of nitrogens with zero attached hydrogens (tertiary/aromatic N) is 9. The SMILES string of the molecule is Cc1ncsc1-c1ccc(CNC(=O)[C@@H]2C[C@@H](O)CN2C(=O)[C@@H](NC(=O)COCCOCCCCCCC(=O)N2CCN(c3ccc(Nc4cc(-c5ccnc(N6CCn7c(cc8c7CC(C)(C)C8)C6=O)c5CO)cn(C)c4=O)nc3)[C@@H](C)C2)C(C)(C)C)cc1. The van der Waals surface area contributed by atoms with Crippen LogP contribution in [-0.2, 0) is 68.2 Å². The number of likely N-dealkylation sites (tertiary alicyclic amines) is 1. The Morgan fingerprint density at radius 1 is 0.878 bits per heavy atom. The van der Waals surface area contributed by atoms with Crippen molar-refractivity contribution in [2.45, 2.75) is 144 Å². The number of aromatic nitrogens is 5. The number of ether oxygens (including phenoxy) is 2. The number of pyridine rings is 3. The van der Waals surface area contributed by atoms with Gasteiger partial charge in [0.2, 0.25) is 23.6 Å². The van der Waals surface area contributed by atoms with E-state index in [0.29, 0.717) is 85.5 Å². The lowest BCUT2D eigenvalue weighted by molar-refractivity contribution is -0.144. The molecular formula is C67H86N12O10S. The summed E-state index contributed by atoms with van der Waals surface area (Å²) in [7, 11) is 1.67. The van der Waals surface area contributed by atoms with Crippen LogP contribution in [0.15, 0.2) is 83.5 Å². The highest BCUT2D eigenvalue weighted by Gasteiger charge is 2.45. The zero-order valence-corrected chi connectivity index (χ0v) is 53.9. The van der Waals surface area contributed by atoms with Crippen molar-refractivity contribution >= 4 is 63.9 Å². The van der Waals surface area contributed by atoms with Crippen molar-refractivity contribution in [3.05, 3.63) is 123 Å². The summed E-state index contributed by atoms with van der Waals surface area (Å²) in [6.45, 7) is 17.5. The zero-order chi connectivity index (χ0) is 64.0. The maximum Gasteiger partial charge on any atom is 0.276 e. The second kappa shape index (κ2) is 28.1. The Bertz CT molecular complexity index is 3630. The highest BCUT2D eigenvalue weighted by Crippen LogP contribution is 2.41. The normalized spacial score (nSPS) is 18.4. The number of piperazine rings is 1. The molecule has 5 amide bonds. The third-order valence-electron chi connectivity index (χ3n) is 17.6. The predicted octanol–water partition coefficient (Wildman–Crippen LogP) is 6.93. The molecule has 8 heterocycles. The molecule has 0 radical (unpaired) electrons. The number of hydrogen-bond donors (Lipinski definition) is 5. The van der Waals surface area contributed by atoms with Crippen LogP contribution in [0.3, 0.4) is 0 Å². The van der Waals surface area contributed by atoms with E-state index in [1.165, 1.54) is 20.7 Å².